The molecule has 1 saturated carbocycles. The zero-order valence-electron chi connectivity index (χ0n) is 22.4. The second-order valence-electron chi connectivity index (χ2n) is 11.2. The van der Waals surface area contributed by atoms with Gasteiger partial charge in [-0.1, -0.05) is 20.8 Å². The minimum absolute atomic E-state index is 0.228. The molecule has 5 heterocycles. The maximum absolute atomic E-state index is 14.8. The van der Waals surface area contributed by atoms with E-state index in [1.54, 1.807) is 0 Å². The molecule has 0 bridgehead atoms. The van der Waals surface area contributed by atoms with Gasteiger partial charge in [-0.15, -0.1) is 5.10 Å². The number of hydrogen-bond acceptors (Lipinski definition) is 7. The van der Waals surface area contributed by atoms with Crippen molar-refractivity contribution in [3.8, 4) is 11.3 Å². The van der Waals surface area contributed by atoms with Crippen LogP contribution in [-0.2, 0) is 6.42 Å². The van der Waals surface area contributed by atoms with E-state index in [0.717, 1.165) is 54.1 Å². The molecule has 37 heavy (non-hydrogen) atoms. The average molecular weight is 505 g/mol. The smallest absolute Gasteiger partial charge is 0.243 e. The van der Waals surface area contributed by atoms with Gasteiger partial charge in [0.2, 0.25) is 5.95 Å². The molecular weight excluding hydrogens is 467 g/mol. The minimum Gasteiger partial charge on any atom is -0.371 e. The van der Waals surface area contributed by atoms with E-state index >= 15 is 0 Å². The number of rotatable bonds is 6. The van der Waals surface area contributed by atoms with Crippen molar-refractivity contribution in [1.29, 1.82) is 0 Å². The normalized spacial score (nSPS) is 27.4. The van der Waals surface area contributed by atoms with Crippen LogP contribution in [0.3, 0.4) is 0 Å². The summed E-state index contributed by atoms with van der Waals surface area (Å²) in [6.07, 6.45) is 3.85. The third-order valence-electron chi connectivity index (χ3n) is 8.95. The molecule has 3 aliphatic rings. The van der Waals surface area contributed by atoms with Crippen molar-refractivity contribution < 1.29 is 4.39 Å². The van der Waals surface area contributed by atoms with Gasteiger partial charge in [0, 0.05) is 43.0 Å². The Morgan fingerprint density at radius 1 is 1.22 bits per heavy atom. The van der Waals surface area contributed by atoms with E-state index in [9.17, 15) is 4.39 Å². The van der Waals surface area contributed by atoms with Crippen LogP contribution < -0.4 is 10.6 Å². The van der Waals surface area contributed by atoms with Crippen molar-refractivity contribution in [2.45, 2.75) is 59.2 Å². The third kappa shape index (κ3) is 3.98. The van der Waals surface area contributed by atoms with Gasteiger partial charge in [-0.3, -0.25) is 9.98 Å². The largest absolute Gasteiger partial charge is 0.371 e. The molecule has 2 N–H and O–H groups in total. The predicted molar refractivity (Wildman–Crippen MR) is 147 cm³/mol. The monoisotopic (exact) mass is 504 g/mol. The standard InChI is InChI=1S/C28H37FN8/c1-6-36-11-10-22(20(29)15-36)33-27-34-26(30-5)25-19(9-12-37(25)35-27)21-7-8-23-24(32-21)13-18-14-28(18,16(2)3)17(4)31-23/h7-9,12,16,18,20,22H,6,10-11,13-15H2,1-5H3,(H2,30,33,34,35)/t18?,20-,22+,28?/m1/s1. The number of aromatic nitrogens is 4. The van der Waals surface area contributed by atoms with Gasteiger partial charge >= 0.3 is 0 Å². The molecule has 6 rings (SSSR count). The number of fused-ring (bicyclic) bond motifs is 3. The fourth-order valence-electron chi connectivity index (χ4n) is 6.64. The fraction of sp³-hybridized carbons (Fsp3) is 0.571. The van der Waals surface area contributed by atoms with Crippen LogP contribution >= 0.6 is 0 Å². The molecule has 1 saturated heterocycles. The third-order valence-corrected chi connectivity index (χ3v) is 8.95. The Balaban J connectivity index is 1.31. The Labute approximate surface area is 217 Å². The fourth-order valence-corrected chi connectivity index (χ4v) is 6.64. The highest BCUT2D eigenvalue weighted by molar-refractivity contribution is 5.94. The van der Waals surface area contributed by atoms with Gasteiger partial charge in [-0.25, -0.2) is 8.91 Å². The lowest BCUT2D eigenvalue weighted by atomic mass is 9.85. The maximum atomic E-state index is 14.8. The lowest BCUT2D eigenvalue weighted by molar-refractivity contribution is 0.131. The molecule has 0 spiro atoms. The summed E-state index contributed by atoms with van der Waals surface area (Å²) in [7, 11) is 1.85. The molecule has 9 heteroatoms. The summed E-state index contributed by atoms with van der Waals surface area (Å²) in [5.41, 5.74) is 6.25. The highest BCUT2D eigenvalue weighted by atomic mass is 19.1. The van der Waals surface area contributed by atoms with Crippen LogP contribution in [0.1, 0.15) is 46.2 Å². The lowest BCUT2D eigenvalue weighted by Crippen LogP contribution is -2.47. The number of nitrogens with zero attached hydrogens (tertiary/aromatic N) is 6. The van der Waals surface area contributed by atoms with E-state index in [4.69, 9.17) is 15.0 Å². The van der Waals surface area contributed by atoms with Crippen LogP contribution in [0.15, 0.2) is 29.4 Å². The summed E-state index contributed by atoms with van der Waals surface area (Å²) >= 11 is 0. The number of piperidine rings is 1. The van der Waals surface area contributed by atoms with Crippen molar-refractivity contribution in [1.82, 2.24) is 24.5 Å². The quantitative estimate of drug-likeness (QED) is 0.492. The average Bonchev–Trinajstić information content (AvgIpc) is 3.49. The van der Waals surface area contributed by atoms with Crippen molar-refractivity contribution in [3.05, 3.63) is 30.1 Å². The molecule has 3 aromatic rings. The molecular formula is C28H37FN8. The van der Waals surface area contributed by atoms with Crippen LogP contribution in [0.25, 0.3) is 16.8 Å². The Hall–Kier alpha value is -3.07. The highest BCUT2D eigenvalue weighted by Gasteiger charge is 2.58. The summed E-state index contributed by atoms with van der Waals surface area (Å²) in [6, 6.07) is 5.88. The Morgan fingerprint density at radius 3 is 2.78 bits per heavy atom. The Bertz CT molecular complexity index is 1360. The molecule has 2 unspecified atom stereocenters. The molecule has 1 aliphatic carbocycles. The first-order chi connectivity index (χ1) is 17.8. The summed E-state index contributed by atoms with van der Waals surface area (Å²) in [5.74, 6) is 2.30. The summed E-state index contributed by atoms with van der Waals surface area (Å²) < 4.78 is 16.6. The van der Waals surface area contributed by atoms with Gasteiger partial charge < -0.3 is 15.5 Å². The number of anilines is 2. The number of alkyl halides is 1. The first-order valence-corrected chi connectivity index (χ1v) is 13.6. The number of likely N-dealkylation sites (tertiary alicyclic amines) is 1. The van der Waals surface area contributed by atoms with Crippen LogP contribution in [0.5, 0.6) is 0 Å². The van der Waals surface area contributed by atoms with Crippen molar-refractivity contribution in [3.63, 3.8) is 0 Å². The van der Waals surface area contributed by atoms with Gasteiger partial charge in [-0.2, -0.15) is 4.98 Å². The van der Waals surface area contributed by atoms with Crippen LogP contribution in [0.2, 0.25) is 0 Å². The van der Waals surface area contributed by atoms with E-state index in [2.05, 4.69) is 54.4 Å². The molecule has 2 fully saturated rings. The molecule has 0 amide bonds. The highest BCUT2D eigenvalue weighted by Crippen LogP contribution is 2.62. The van der Waals surface area contributed by atoms with E-state index in [1.165, 1.54) is 12.1 Å². The molecule has 0 aromatic carbocycles. The summed E-state index contributed by atoms with van der Waals surface area (Å²) in [6.45, 7) is 11.1. The summed E-state index contributed by atoms with van der Waals surface area (Å²) in [5, 5.41) is 11.1. The summed E-state index contributed by atoms with van der Waals surface area (Å²) in [4.78, 5) is 17.0. The van der Waals surface area contributed by atoms with E-state index in [-0.39, 0.29) is 11.5 Å². The number of nitrogens with one attached hydrogen (secondary N) is 2. The van der Waals surface area contributed by atoms with Gasteiger partial charge in [0.05, 0.1) is 23.1 Å². The molecule has 0 radical (unpaired) electrons. The van der Waals surface area contributed by atoms with Gasteiger partial charge in [0.15, 0.2) is 5.82 Å². The second kappa shape index (κ2) is 9.04. The van der Waals surface area contributed by atoms with Crippen LogP contribution in [0.4, 0.5) is 21.8 Å². The maximum Gasteiger partial charge on any atom is 0.243 e. The molecule has 8 nitrogen and oxygen atoms in total. The zero-order chi connectivity index (χ0) is 25.9. The molecule has 196 valence electrons. The van der Waals surface area contributed by atoms with Crippen LogP contribution in [-0.4, -0.2) is 69.1 Å². The number of pyridine rings is 1. The molecule has 2 aliphatic heterocycles. The first-order valence-electron chi connectivity index (χ1n) is 13.6. The van der Waals surface area contributed by atoms with Crippen LogP contribution in [0, 0.1) is 17.3 Å². The van der Waals surface area contributed by atoms with Gasteiger partial charge in [0.25, 0.3) is 0 Å². The van der Waals surface area contributed by atoms with Gasteiger partial charge in [-0.05, 0) is 62.8 Å². The lowest BCUT2D eigenvalue weighted by Gasteiger charge is -2.34. The van der Waals surface area contributed by atoms with E-state index < -0.39 is 6.17 Å². The zero-order valence-corrected chi connectivity index (χ0v) is 22.4. The SMILES string of the molecule is CCN1CC[C@H](Nc2nc(NC)c3c(-c4ccc5c(n4)CC4CC4(C(C)C)C(C)=N5)ccn3n2)[C@H](F)C1. The molecule has 3 aromatic heterocycles. The molecule has 4 atom stereocenters. The second-order valence-corrected chi connectivity index (χ2v) is 11.2. The predicted octanol–water partition coefficient (Wildman–Crippen LogP) is 4.99. The number of aliphatic imine (C=N–C) groups is 1. The Kier molecular flexibility index (Phi) is 5.93. The van der Waals surface area contributed by atoms with Gasteiger partial charge in [0.1, 0.15) is 11.7 Å². The number of hydrogen-bond donors (Lipinski definition) is 2. The van der Waals surface area contributed by atoms with E-state index in [0.29, 0.717) is 30.1 Å². The van der Waals surface area contributed by atoms with Crippen molar-refractivity contribution in [2.75, 3.05) is 37.3 Å². The minimum atomic E-state index is -0.956. The first kappa shape index (κ1) is 24.3. The van der Waals surface area contributed by atoms with Crippen molar-refractivity contribution >= 4 is 28.7 Å². The van der Waals surface area contributed by atoms with E-state index in [1.807, 2.05) is 29.9 Å². The van der Waals surface area contributed by atoms with Crippen molar-refractivity contribution in [2.24, 2.45) is 22.2 Å². The Morgan fingerprint density at radius 2 is 2.05 bits per heavy atom. The topological polar surface area (TPSA) is 82.7 Å². The number of halogens is 1.